The first-order valence-corrected chi connectivity index (χ1v) is 24.9. The fourth-order valence-electron chi connectivity index (χ4n) is 7.19. The summed E-state index contributed by atoms with van der Waals surface area (Å²) in [5, 5.41) is 31.6. The first kappa shape index (κ1) is 46.0. The second-order valence-electron chi connectivity index (χ2n) is 16.9. The number of anilines is 1. The van der Waals surface area contributed by atoms with Crippen LogP contribution in [0.1, 0.15) is 73.4 Å². The lowest BCUT2D eigenvalue weighted by Gasteiger charge is -2.39. The summed E-state index contributed by atoms with van der Waals surface area (Å²) in [6.07, 6.45) is 0.831. The molecule has 1 atom stereocenters. The summed E-state index contributed by atoms with van der Waals surface area (Å²) in [4.78, 5) is 43.8. The zero-order chi connectivity index (χ0) is 44.1. The summed E-state index contributed by atoms with van der Waals surface area (Å²) in [7, 11) is -0.467. The molecular formula is C44H54F2N4O8S2Si. The topological polar surface area (TPSA) is 162 Å². The lowest BCUT2D eigenvalue weighted by molar-refractivity contribution is -0.169. The molecule has 2 aromatic carbocycles. The van der Waals surface area contributed by atoms with Crippen LogP contribution in [0.5, 0.6) is 5.75 Å². The van der Waals surface area contributed by atoms with Crippen LogP contribution in [0.4, 0.5) is 19.3 Å². The van der Waals surface area contributed by atoms with Gasteiger partial charge in [0, 0.05) is 48.8 Å². The van der Waals surface area contributed by atoms with Gasteiger partial charge in [0.25, 0.3) is 0 Å². The molecular weight excluding hydrogens is 843 g/mol. The molecule has 0 radical (unpaired) electrons. The first-order valence-electron chi connectivity index (χ1n) is 20.2. The van der Waals surface area contributed by atoms with Gasteiger partial charge in [0.15, 0.2) is 8.32 Å². The van der Waals surface area contributed by atoms with Crippen molar-refractivity contribution >= 4 is 59.6 Å². The van der Waals surface area contributed by atoms with Crippen LogP contribution in [0.2, 0.25) is 18.1 Å². The van der Waals surface area contributed by atoms with Gasteiger partial charge in [-0.15, -0.1) is 22.7 Å². The molecule has 61 heavy (non-hydrogen) atoms. The predicted molar refractivity (Wildman–Crippen MR) is 237 cm³/mol. The molecule has 1 aliphatic carbocycles. The second kappa shape index (κ2) is 19.3. The third-order valence-electron chi connectivity index (χ3n) is 11.8. The molecule has 3 aromatic heterocycles. The molecule has 1 amide bonds. The van der Waals surface area contributed by atoms with E-state index in [0.29, 0.717) is 34.5 Å². The lowest BCUT2D eigenvalue weighted by Crippen LogP contribution is -2.43. The zero-order valence-corrected chi connectivity index (χ0v) is 37.8. The van der Waals surface area contributed by atoms with Crippen LogP contribution in [-0.4, -0.2) is 79.4 Å². The third-order valence-corrected chi connectivity index (χ3v) is 18.2. The van der Waals surface area contributed by atoms with E-state index in [9.17, 15) is 24.6 Å². The minimum atomic E-state index is -2.37. The molecule has 1 saturated carbocycles. The van der Waals surface area contributed by atoms with Gasteiger partial charge in [0.1, 0.15) is 30.1 Å². The van der Waals surface area contributed by atoms with Gasteiger partial charge in [-0.1, -0.05) is 39.0 Å². The maximum atomic E-state index is 15.4. The van der Waals surface area contributed by atoms with Crippen molar-refractivity contribution in [2.75, 3.05) is 32.1 Å². The Morgan fingerprint density at radius 1 is 0.984 bits per heavy atom. The van der Waals surface area contributed by atoms with Gasteiger partial charge >= 0.3 is 12.1 Å². The summed E-state index contributed by atoms with van der Waals surface area (Å²) in [5.74, 6) is -2.33. The van der Waals surface area contributed by atoms with E-state index in [1.165, 1.54) is 34.8 Å². The number of nitrogens with zero attached hydrogens (tertiary/aromatic N) is 1. The van der Waals surface area contributed by atoms with Gasteiger partial charge in [0.05, 0.1) is 27.1 Å². The highest BCUT2D eigenvalue weighted by Gasteiger charge is 2.45. The van der Waals surface area contributed by atoms with Crippen LogP contribution in [0.25, 0.3) is 10.9 Å². The smallest absolute Gasteiger partial charge is 0.411 e. The van der Waals surface area contributed by atoms with Crippen molar-refractivity contribution in [1.82, 2.24) is 15.2 Å². The van der Waals surface area contributed by atoms with Gasteiger partial charge in [-0.25, -0.2) is 18.4 Å². The second-order valence-corrected chi connectivity index (χ2v) is 23.6. The number of carbonyl (C=O) groups is 2. The number of nitrogens with one attached hydrogen (secondary N) is 3. The number of aromatic nitrogens is 1. The maximum Gasteiger partial charge on any atom is 0.411 e. The number of aliphatic hydroxyl groups is 1. The standard InChI is InChI=1S/C44H54F2N4O8S2Si/c1-43(2,3)61(5,6)58-36(30-15-17-35(51)40-31(30)16-18-39(52)49-40)26-47-25-27-23-33(46)34(24-32(27)45)48-42(54)56-20-19-50(4)28-11-13-29(14-12-28)57-41(53)44(55,37-9-7-21-59-37)38-10-8-22-60-38/h7-10,15-18,21-24,28-29,36,47,51,55H,11-14,19-20,25-26H2,1-6H3,(H,48,54)(H,49,52)/t28-,29-,36-/m0/s1. The number of rotatable bonds is 16. The number of halogens is 2. The van der Waals surface area contributed by atoms with Crippen LogP contribution in [-0.2, 0) is 30.8 Å². The van der Waals surface area contributed by atoms with Crippen LogP contribution < -0.4 is 16.2 Å². The zero-order valence-electron chi connectivity index (χ0n) is 35.2. The predicted octanol–water partition coefficient (Wildman–Crippen LogP) is 8.76. The van der Waals surface area contributed by atoms with Gasteiger partial charge in [-0.3, -0.25) is 10.1 Å². The number of H-pyrrole nitrogens is 1. The number of aromatic amines is 1. The quantitative estimate of drug-likeness (QED) is 0.0478. The molecule has 17 heteroatoms. The molecule has 0 saturated heterocycles. The number of carbonyl (C=O) groups excluding carboxylic acids is 2. The number of thiophene rings is 2. The summed E-state index contributed by atoms with van der Waals surface area (Å²) in [5.41, 5.74) is -1.54. The first-order chi connectivity index (χ1) is 28.9. The SMILES string of the molecule is CN(CCOC(=O)Nc1cc(F)c(CNC[C@H](O[Si](C)(C)C(C)(C)C)c2ccc(O)c3[nH]c(=O)ccc23)cc1F)[C@H]1CC[C@H](OC(=O)C(O)(c2cccs2)c2cccs2)CC1. The minimum Gasteiger partial charge on any atom is -0.506 e. The molecule has 1 fully saturated rings. The van der Waals surface area contributed by atoms with E-state index in [2.05, 4.69) is 49.5 Å². The van der Waals surface area contributed by atoms with Crippen LogP contribution in [0.15, 0.2) is 76.2 Å². The highest BCUT2D eigenvalue weighted by molar-refractivity contribution is 7.12. The molecule has 3 heterocycles. The summed E-state index contributed by atoms with van der Waals surface area (Å²) < 4.78 is 48.6. The molecule has 5 aromatic rings. The number of phenolic OH excluding ortho intramolecular Hbond substituents is 1. The number of benzene rings is 2. The van der Waals surface area contributed by atoms with E-state index in [-0.39, 0.29) is 65.0 Å². The van der Waals surface area contributed by atoms with Gasteiger partial charge in [0.2, 0.25) is 11.2 Å². The molecule has 5 N–H and O–H groups in total. The van der Waals surface area contributed by atoms with Crippen LogP contribution in [0.3, 0.4) is 0 Å². The van der Waals surface area contributed by atoms with Gasteiger partial charge in [-0.2, -0.15) is 0 Å². The highest BCUT2D eigenvalue weighted by atomic mass is 32.1. The van der Waals surface area contributed by atoms with E-state index in [0.717, 1.165) is 30.5 Å². The van der Waals surface area contributed by atoms with E-state index in [1.54, 1.807) is 36.4 Å². The van der Waals surface area contributed by atoms with Crippen molar-refractivity contribution in [1.29, 1.82) is 0 Å². The van der Waals surface area contributed by atoms with E-state index in [1.807, 2.05) is 22.7 Å². The summed E-state index contributed by atoms with van der Waals surface area (Å²) in [6.45, 7) is 11.1. The Morgan fingerprint density at radius 2 is 1.66 bits per heavy atom. The molecule has 0 aliphatic heterocycles. The Morgan fingerprint density at radius 3 is 2.28 bits per heavy atom. The average molecular weight is 897 g/mol. The fourth-order valence-corrected chi connectivity index (χ4v) is 10.2. The number of esters is 1. The number of hydrogen-bond donors (Lipinski definition) is 5. The number of hydrogen-bond acceptors (Lipinski definition) is 12. The Kier molecular flexibility index (Phi) is 14.5. The number of amides is 1. The minimum absolute atomic E-state index is 0.00251. The van der Waals surface area contributed by atoms with E-state index in [4.69, 9.17) is 13.9 Å². The van der Waals surface area contributed by atoms with Crippen molar-refractivity contribution in [3.8, 4) is 5.75 Å². The van der Waals surface area contributed by atoms with Crippen molar-refractivity contribution in [2.45, 2.75) is 95.0 Å². The Labute approximate surface area is 363 Å². The summed E-state index contributed by atoms with van der Waals surface area (Å²) >= 11 is 2.59. The lowest BCUT2D eigenvalue weighted by atomic mass is 9.91. The van der Waals surface area contributed by atoms with E-state index >= 15 is 8.78 Å². The van der Waals surface area contributed by atoms with Crippen molar-refractivity contribution in [3.63, 3.8) is 0 Å². The van der Waals surface area contributed by atoms with Crippen LogP contribution >= 0.6 is 22.7 Å². The number of aromatic hydroxyl groups is 1. The molecule has 6 rings (SSSR count). The molecule has 0 bridgehead atoms. The number of fused-ring (bicyclic) bond motifs is 1. The monoisotopic (exact) mass is 896 g/mol. The Balaban J connectivity index is 0.981. The molecule has 0 unspecified atom stereocenters. The Bertz CT molecular complexity index is 2310. The molecule has 0 spiro atoms. The van der Waals surface area contributed by atoms with E-state index < -0.39 is 43.7 Å². The van der Waals surface area contributed by atoms with Crippen LogP contribution in [0, 0.1) is 11.6 Å². The largest absolute Gasteiger partial charge is 0.506 e. The van der Waals surface area contributed by atoms with Gasteiger partial charge in [-0.05, 0) is 97.5 Å². The normalized spacial score (nSPS) is 16.8. The van der Waals surface area contributed by atoms with Crippen molar-refractivity contribution in [2.24, 2.45) is 0 Å². The highest BCUT2D eigenvalue weighted by Crippen LogP contribution is 2.42. The average Bonchev–Trinajstić information content (AvgIpc) is 3.96. The number of ether oxygens (including phenoxy) is 2. The number of phenols is 1. The maximum absolute atomic E-state index is 15.4. The molecule has 1 aliphatic rings. The van der Waals surface area contributed by atoms with Crippen molar-refractivity contribution in [3.05, 3.63) is 114 Å². The van der Waals surface area contributed by atoms with Crippen molar-refractivity contribution < 1.29 is 42.5 Å². The number of pyridine rings is 1. The third kappa shape index (κ3) is 10.8. The summed E-state index contributed by atoms with van der Waals surface area (Å²) in [6, 6.07) is 15.3. The number of likely N-dealkylation sites (N-methyl/N-ethyl adjacent to an activating group) is 1. The molecule has 328 valence electrons. The fraction of sp³-hybridized carbons (Fsp3) is 0.432. The van der Waals surface area contributed by atoms with Gasteiger partial charge < -0.3 is 39.3 Å². The molecule has 12 nitrogen and oxygen atoms in total. The Hall–Kier alpha value is -4.49.